The molecule has 0 aliphatic carbocycles. The Hall–Kier alpha value is -4.31. The van der Waals surface area contributed by atoms with E-state index >= 15 is 0 Å². The van der Waals surface area contributed by atoms with Crippen LogP contribution in [0, 0.1) is 10.1 Å². The van der Waals surface area contributed by atoms with E-state index in [0.29, 0.717) is 16.4 Å². The van der Waals surface area contributed by atoms with Crippen molar-refractivity contribution in [1.29, 1.82) is 0 Å². The molecule has 160 valence electrons. The summed E-state index contributed by atoms with van der Waals surface area (Å²) in [7, 11) is 1.44. The second-order valence-electron chi connectivity index (χ2n) is 6.46. The van der Waals surface area contributed by atoms with Crippen LogP contribution in [0.5, 0.6) is 11.5 Å². The van der Waals surface area contributed by atoms with Gasteiger partial charge in [-0.2, -0.15) is 5.10 Å². The summed E-state index contributed by atoms with van der Waals surface area (Å²) in [6.45, 7) is 0. The fourth-order valence-electron chi connectivity index (χ4n) is 2.84. The minimum Gasteiger partial charge on any atom is -0.493 e. The van der Waals surface area contributed by atoms with Crippen LogP contribution in [-0.4, -0.2) is 29.2 Å². The highest BCUT2D eigenvalue weighted by Gasteiger charge is 2.16. The number of hydrogen-bond acceptors (Lipinski definition) is 9. The molecule has 1 aromatic heterocycles. The molecule has 0 bridgehead atoms. The largest absolute Gasteiger partial charge is 0.493 e. The quantitative estimate of drug-likeness (QED) is 0.141. The number of ether oxygens (including phenoxy) is 2. The van der Waals surface area contributed by atoms with E-state index in [2.05, 4.69) is 15.5 Å². The van der Waals surface area contributed by atoms with Gasteiger partial charge < -0.3 is 9.47 Å². The molecule has 0 spiro atoms. The first-order chi connectivity index (χ1) is 15.5. The van der Waals surface area contributed by atoms with Crippen LogP contribution in [0.25, 0.3) is 10.2 Å². The van der Waals surface area contributed by atoms with Crippen molar-refractivity contribution < 1.29 is 19.2 Å². The maximum atomic E-state index is 12.4. The lowest BCUT2D eigenvalue weighted by atomic mass is 10.2. The van der Waals surface area contributed by atoms with E-state index in [-0.39, 0.29) is 17.0 Å². The van der Waals surface area contributed by atoms with E-state index in [0.717, 1.165) is 16.3 Å². The number of non-ortho nitro benzene ring substituents is 1. The van der Waals surface area contributed by atoms with Gasteiger partial charge in [-0.1, -0.05) is 29.5 Å². The molecule has 1 heterocycles. The Morgan fingerprint density at radius 3 is 2.75 bits per heavy atom. The lowest BCUT2D eigenvalue weighted by Crippen LogP contribution is -2.09. The summed E-state index contributed by atoms with van der Waals surface area (Å²) in [5.41, 5.74) is 4.36. The van der Waals surface area contributed by atoms with E-state index in [1.807, 2.05) is 24.3 Å². The molecule has 1 N–H and O–H groups in total. The van der Waals surface area contributed by atoms with Crippen molar-refractivity contribution in [2.75, 3.05) is 12.5 Å². The number of nitrogens with one attached hydrogen (secondary N) is 1. The summed E-state index contributed by atoms with van der Waals surface area (Å²) in [5.74, 6) is -0.237. The first-order valence-corrected chi connectivity index (χ1v) is 10.1. The van der Waals surface area contributed by atoms with Crippen LogP contribution >= 0.6 is 11.3 Å². The summed E-state index contributed by atoms with van der Waals surface area (Å²) < 4.78 is 11.7. The van der Waals surface area contributed by atoms with Crippen LogP contribution < -0.4 is 14.9 Å². The Morgan fingerprint density at radius 1 is 1.12 bits per heavy atom. The van der Waals surface area contributed by atoms with E-state index < -0.39 is 10.9 Å². The summed E-state index contributed by atoms with van der Waals surface area (Å²) in [6.07, 6.45) is 1.58. The molecule has 0 fully saturated rings. The molecule has 0 amide bonds. The van der Waals surface area contributed by atoms with Crippen molar-refractivity contribution >= 4 is 44.6 Å². The third-order valence-corrected chi connectivity index (χ3v) is 5.29. The molecule has 0 saturated carbocycles. The normalized spacial score (nSPS) is 10.9. The fraction of sp³-hybridized carbons (Fsp3) is 0.0455. The lowest BCUT2D eigenvalue weighted by molar-refractivity contribution is -0.384. The number of nitrogens with zero attached hydrogens (tertiary/aromatic N) is 3. The predicted molar refractivity (Wildman–Crippen MR) is 122 cm³/mol. The average molecular weight is 448 g/mol. The van der Waals surface area contributed by atoms with Crippen molar-refractivity contribution in [3.8, 4) is 11.5 Å². The zero-order chi connectivity index (χ0) is 22.5. The Kier molecular flexibility index (Phi) is 6.04. The topological polar surface area (TPSA) is 116 Å². The molecular formula is C22H16N4O5S. The Morgan fingerprint density at radius 2 is 1.97 bits per heavy atom. The van der Waals surface area contributed by atoms with Gasteiger partial charge in [-0.15, -0.1) is 0 Å². The standard InChI is InChI=1S/C22H16N4O5S/c1-30-19-11-14(13-23-25-22-24-17-7-2-3-8-20(17)32-22)9-10-18(19)31-21(27)15-5-4-6-16(12-15)26(28)29/h2-13H,1H3,(H,24,25)/b23-13+. The van der Waals surface area contributed by atoms with Crippen molar-refractivity contribution in [2.45, 2.75) is 0 Å². The zero-order valence-electron chi connectivity index (χ0n) is 16.7. The number of anilines is 1. The van der Waals surface area contributed by atoms with Crippen molar-refractivity contribution in [3.05, 3.63) is 88.0 Å². The molecule has 10 heteroatoms. The average Bonchev–Trinajstić information content (AvgIpc) is 3.22. The number of fused-ring (bicyclic) bond motifs is 1. The fourth-order valence-corrected chi connectivity index (χ4v) is 3.65. The van der Waals surface area contributed by atoms with Gasteiger partial charge in [0.15, 0.2) is 11.5 Å². The maximum Gasteiger partial charge on any atom is 0.343 e. The number of carbonyl (C=O) groups is 1. The minimum absolute atomic E-state index is 0.0620. The van der Waals surface area contributed by atoms with Gasteiger partial charge in [0.1, 0.15) is 0 Å². The molecule has 0 radical (unpaired) electrons. The molecule has 0 atom stereocenters. The van der Waals surface area contributed by atoms with Gasteiger partial charge in [-0.25, -0.2) is 9.78 Å². The number of hydrogen-bond donors (Lipinski definition) is 1. The number of aromatic nitrogens is 1. The second-order valence-corrected chi connectivity index (χ2v) is 7.49. The van der Waals surface area contributed by atoms with Crippen LogP contribution in [0.2, 0.25) is 0 Å². The van der Waals surface area contributed by atoms with Crippen molar-refractivity contribution in [1.82, 2.24) is 4.98 Å². The van der Waals surface area contributed by atoms with Crippen LogP contribution in [-0.2, 0) is 0 Å². The van der Waals surface area contributed by atoms with Gasteiger partial charge in [0.2, 0.25) is 5.13 Å². The number of hydrazone groups is 1. The van der Waals surface area contributed by atoms with Crippen LogP contribution in [0.4, 0.5) is 10.8 Å². The number of carbonyl (C=O) groups excluding carboxylic acids is 1. The Bertz CT molecular complexity index is 1300. The second kappa shape index (κ2) is 9.23. The molecule has 32 heavy (non-hydrogen) atoms. The van der Waals surface area contributed by atoms with Crippen LogP contribution in [0.3, 0.4) is 0 Å². The summed E-state index contributed by atoms with van der Waals surface area (Å²) in [5, 5.41) is 15.8. The third-order valence-electron chi connectivity index (χ3n) is 4.35. The molecular weight excluding hydrogens is 432 g/mol. The van der Waals surface area contributed by atoms with E-state index in [1.54, 1.807) is 24.4 Å². The van der Waals surface area contributed by atoms with Crippen LogP contribution in [0.1, 0.15) is 15.9 Å². The highest BCUT2D eigenvalue weighted by atomic mass is 32.1. The number of nitro benzene ring substituents is 1. The summed E-state index contributed by atoms with van der Waals surface area (Å²) in [4.78, 5) is 27.2. The first-order valence-electron chi connectivity index (χ1n) is 9.33. The number of esters is 1. The minimum atomic E-state index is -0.731. The molecule has 0 saturated heterocycles. The Labute approximate surface area is 186 Å². The summed E-state index contributed by atoms with van der Waals surface area (Å²) in [6, 6.07) is 18.0. The van der Waals surface area contributed by atoms with Gasteiger partial charge in [-0.3, -0.25) is 15.5 Å². The Balaban J connectivity index is 1.46. The van der Waals surface area contributed by atoms with Crippen LogP contribution in [0.15, 0.2) is 71.8 Å². The van der Waals surface area contributed by atoms with Gasteiger partial charge in [0, 0.05) is 12.1 Å². The van der Waals surface area contributed by atoms with Crippen molar-refractivity contribution in [3.63, 3.8) is 0 Å². The van der Waals surface area contributed by atoms with E-state index in [9.17, 15) is 14.9 Å². The van der Waals surface area contributed by atoms with Gasteiger partial charge in [-0.05, 0) is 42.0 Å². The lowest BCUT2D eigenvalue weighted by Gasteiger charge is -2.10. The molecule has 0 unspecified atom stereocenters. The predicted octanol–water partition coefficient (Wildman–Crippen LogP) is 4.88. The number of nitro groups is 1. The SMILES string of the molecule is COc1cc(/C=N/Nc2nc3ccccc3s2)ccc1OC(=O)c1cccc([N+](=O)[O-])c1. The molecule has 4 rings (SSSR count). The first kappa shape index (κ1) is 20.9. The van der Waals surface area contributed by atoms with Gasteiger partial charge >= 0.3 is 5.97 Å². The molecule has 9 nitrogen and oxygen atoms in total. The highest BCUT2D eigenvalue weighted by molar-refractivity contribution is 7.22. The molecule has 3 aromatic carbocycles. The number of benzene rings is 3. The van der Waals surface area contributed by atoms with Crippen molar-refractivity contribution in [2.24, 2.45) is 5.10 Å². The molecule has 4 aromatic rings. The van der Waals surface area contributed by atoms with Gasteiger partial charge in [0.25, 0.3) is 5.69 Å². The third kappa shape index (κ3) is 4.71. The van der Waals surface area contributed by atoms with E-state index in [1.165, 1.54) is 36.6 Å². The summed E-state index contributed by atoms with van der Waals surface area (Å²) >= 11 is 1.49. The number of thiazole rings is 1. The molecule has 0 aliphatic heterocycles. The molecule has 0 aliphatic rings. The monoisotopic (exact) mass is 448 g/mol. The van der Waals surface area contributed by atoms with Gasteiger partial charge in [0.05, 0.1) is 34.0 Å². The number of para-hydroxylation sites is 1. The smallest absolute Gasteiger partial charge is 0.343 e. The highest BCUT2D eigenvalue weighted by Crippen LogP contribution is 2.29. The number of methoxy groups -OCH3 is 1. The zero-order valence-corrected chi connectivity index (χ0v) is 17.5. The number of rotatable bonds is 7. The maximum absolute atomic E-state index is 12.4. The van der Waals surface area contributed by atoms with E-state index in [4.69, 9.17) is 9.47 Å².